The molecule has 154 valence electrons. The fourth-order valence-corrected chi connectivity index (χ4v) is 3.58. The van der Waals surface area contributed by atoms with E-state index in [9.17, 15) is 4.79 Å². The maximum Gasteiger partial charge on any atom is 0.237 e. The standard InChI is InChI=1S/C25H26N2O3/c1-18(27(2)16-19-13-14-22-23(15-19)30-17-29-22)25(28)26-24(20-9-5-3-6-10-20)21-11-7-4-8-12-21/h3-15,18,24H,16-17H2,1-2H3,(H,26,28)/t18-/m0/s1. The van der Waals surface area contributed by atoms with Crippen LogP contribution in [-0.2, 0) is 11.3 Å². The Balaban J connectivity index is 1.46. The van der Waals surface area contributed by atoms with Crippen molar-refractivity contribution in [2.24, 2.45) is 0 Å². The fourth-order valence-electron chi connectivity index (χ4n) is 3.58. The fraction of sp³-hybridized carbons (Fsp3) is 0.240. The molecule has 1 N–H and O–H groups in total. The molecule has 30 heavy (non-hydrogen) atoms. The summed E-state index contributed by atoms with van der Waals surface area (Å²) in [6.45, 7) is 2.82. The average molecular weight is 402 g/mol. The minimum Gasteiger partial charge on any atom is -0.454 e. The minimum absolute atomic E-state index is 0.0176. The Bertz CT molecular complexity index is 952. The predicted octanol–water partition coefficient (Wildman–Crippen LogP) is 4.14. The molecule has 0 radical (unpaired) electrons. The largest absolute Gasteiger partial charge is 0.454 e. The molecule has 0 spiro atoms. The molecular formula is C25H26N2O3. The SMILES string of the molecule is C[C@@H](C(=O)NC(c1ccccc1)c1ccccc1)N(C)Cc1ccc2c(c1)OCO2. The van der Waals surface area contributed by atoms with Crippen LogP contribution in [0.4, 0.5) is 0 Å². The molecule has 1 atom stereocenters. The molecule has 3 aromatic rings. The Kier molecular flexibility index (Phi) is 6.00. The minimum atomic E-state index is -0.301. The highest BCUT2D eigenvalue weighted by atomic mass is 16.7. The van der Waals surface area contributed by atoms with Crippen LogP contribution < -0.4 is 14.8 Å². The molecule has 3 aromatic carbocycles. The van der Waals surface area contributed by atoms with Gasteiger partial charge in [-0.15, -0.1) is 0 Å². The third kappa shape index (κ3) is 4.47. The number of carbonyl (C=O) groups excluding carboxylic acids is 1. The molecule has 0 fully saturated rings. The van der Waals surface area contributed by atoms with Gasteiger partial charge in [-0.05, 0) is 42.8 Å². The number of fused-ring (bicyclic) bond motifs is 1. The van der Waals surface area contributed by atoms with Crippen molar-refractivity contribution in [3.63, 3.8) is 0 Å². The molecule has 0 aromatic heterocycles. The molecule has 5 heteroatoms. The first-order valence-electron chi connectivity index (χ1n) is 10.1. The molecule has 1 amide bonds. The maximum absolute atomic E-state index is 13.1. The zero-order valence-corrected chi connectivity index (χ0v) is 17.2. The van der Waals surface area contributed by atoms with Crippen LogP contribution in [0.25, 0.3) is 0 Å². The van der Waals surface area contributed by atoms with Crippen molar-refractivity contribution < 1.29 is 14.3 Å². The lowest BCUT2D eigenvalue weighted by Gasteiger charge is -2.27. The van der Waals surface area contributed by atoms with E-state index in [0.29, 0.717) is 6.54 Å². The molecule has 0 bridgehead atoms. The Labute approximate surface area is 177 Å². The van der Waals surface area contributed by atoms with E-state index >= 15 is 0 Å². The van der Waals surface area contributed by atoms with Gasteiger partial charge in [-0.3, -0.25) is 9.69 Å². The lowest BCUT2D eigenvalue weighted by atomic mass is 9.98. The van der Waals surface area contributed by atoms with E-state index in [0.717, 1.165) is 28.2 Å². The highest BCUT2D eigenvalue weighted by molar-refractivity contribution is 5.82. The number of ether oxygens (including phenoxy) is 2. The van der Waals surface area contributed by atoms with Crippen LogP contribution in [-0.4, -0.2) is 30.7 Å². The second-order valence-corrected chi connectivity index (χ2v) is 7.54. The van der Waals surface area contributed by atoms with Crippen LogP contribution in [0.3, 0.4) is 0 Å². The Hall–Kier alpha value is -3.31. The second kappa shape index (κ2) is 9.01. The van der Waals surface area contributed by atoms with Crippen molar-refractivity contribution in [1.82, 2.24) is 10.2 Å². The molecule has 0 aliphatic carbocycles. The Morgan fingerprint density at radius 2 is 1.53 bits per heavy atom. The second-order valence-electron chi connectivity index (χ2n) is 7.54. The van der Waals surface area contributed by atoms with E-state index in [1.807, 2.05) is 97.7 Å². The third-order valence-corrected chi connectivity index (χ3v) is 5.46. The van der Waals surface area contributed by atoms with Gasteiger partial charge in [-0.25, -0.2) is 0 Å². The van der Waals surface area contributed by atoms with Gasteiger partial charge in [0, 0.05) is 6.54 Å². The quantitative estimate of drug-likeness (QED) is 0.645. The van der Waals surface area contributed by atoms with Crippen LogP contribution in [0.1, 0.15) is 29.7 Å². The van der Waals surface area contributed by atoms with Gasteiger partial charge >= 0.3 is 0 Å². The molecule has 4 rings (SSSR count). The topological polar surface area (TPSA) is 50.8 Å². The van der Waals surface area contributed by atoms with Crippen LogP contribution >= 0.6 is 0 Å². The summed E-state index contributed by atoms with van der Waals surface area (Å²) in [5.74, 6) is 1.50. The number of rotatable bonds is 7. The first kappa shape index (κ1) is 20.0. The van der Waals surface area contributed by atoms with Crippen LogP contribution in [0.15, 0.2) is 78.9 Å². The van der Waals surface area contributed by atoms with E-state index in [-0.39, 0.29) is 24.8 Å². The number of benzene rings is 3. The van der Waals surface area contributed by atoms with Crippen molar-refractivity contribution in [2.75, 3.05) is 13.8 Å². The van der Waals surface area contributed by atoms with Gasteiger partial charge in [-0.1, -0.05) is 66.7 Å². The highest BCUT2D eigenvalue weighted by Crippen LogP contribution is 2.32. The van der Waals surface area contributed by atoms with E-state index < -0.39 is 0 Å². The van der Waals surface area contributed by atoms with Gasteiger partial charge in [0.2, 0.25) is 12.7 Å². The first-order valence-corrected chi connectivity index (χ1v) is 10.1. The zero-order valence-electron chi connectivity index (χ0n) is 17.2. The van der Waals surface area contributed by atoms with Crippen molar-refractivity contribution in [1.29, 1.82) is 0 Å². The van der Waals surface area contributed by atoms with Crippen LogP contribution in [0.2, 0.25) is 0 Å². The maximum atomic E-state index is 13.1. The van der Waals surface area contributed by atoms with Gasteiger partial charge in [0.15, 0.2) is 11.5 Å². The molecule has 0 saturated heterocycles. The van der Waals surface area contributed by atoms with Crippen LogP contribution in [0, 0.1) is 0 Å². The number of likely N-dealkylation sites (N-methyl/N-ethyl adjacent to an activating group) is 1. The van der Waals surface area contributed by atoms with Crippen molar-refractivity contribution >= 4 is 5.91 Å². The molecule has 0 saturated carbocycles. The number of hydrogen-bond acceptors (Lipinski definition) is 4. The van der Waals surface area contributed by atoms with Gasteiger partial charge < -0.3 is 14.8 Å². The van der Waals surface area contributed by atoms with Crippen molar-refractivity contribution in [2.45, 2.75) is 25.6 Å². The molecule has 0 unspecified atom stereocenters. The Morgan fingerprint density at radius 3 is 2.17 bits per heavy atom. The van der Waals surface area contributed by atoms with E-state index in [1.54, 1.807) is 0 Å². The first-order chi connectivity index (χ1) is 14.6. The average Bonchev–Trinajstić information content (AvgIpc) is 3.26. The van der Waals surface area contributed by atoms with Gasteiger partial charge in [0.05, 0.1) is 12.1 Å². The van der Waals surface area contributed by atoms with Crippen LogP contribution in [0.5, 0.6) is 11.5 Å². The summed E-state index contributed by atoms with van der Waals surface area (Å²) in [4.78, 5) is 15.1. The highest BCUT2D eigenvalue weighted by Gasteiger charge is 2.23. The predicted molar refractivity (Wildman–Crippen MR) is 116 cm³/mol. The lowest BCUT2D eigenvalue weighted by molar-refractivity contribution is -0.126. The smallest absolute Gasteiger partial charge is 0.237 e. The summed E-state index contributed by atoms with van der Waals surface area (Å²) in [6.07, 6.45) is 0. The number of carbonyl (C=O) groups is 1. The lowest BCUT2D eigenvalue weighted by Crippen LogP contribution is -2.44. The molecular weight excluding hydrogens is 376 g/mol. The van der Waals surface area contributed by atoms with Crippen molar-refractivity contribution in [3.05, 3.63) is 95.6 Å². The van der Waals surface area contributed by atoms with E-state index in [2.05, 4.69) is 5.32 Å². The molecule has 5 nitrogen and oxygen atoms in total. The normalized spacial score (nSPS) is 13.5. The summed E-state index contributed by atoms with van der Waals surface area (Å²) in [5.41, 5.74) is 3.19. The number of nitrogens with zero attached hydrogens (tertiary/aromatic N) is 1. The van der Waals surface area contributed by atoms with Gasteiger partial charge in [0.25, 0.3) is 0 Å². The summed E-state index contributed by atoms with van der Waals surface area (Å²) in [5, 5.41) is 3.23. The monoisotopic (exact) mass is 402 g/mol. The zero-order chi connectivity index (χ0) is 20.9. The third-order valence-electron chi connectivity index (χ3n) is 5.46. The van der Waals surface area contributed by atoms with Gasteiger partial charge in [0.1, 0.15) is 0 Å². The summed E-state index contributed by atoms with van der Waals surface area (Å²) >= 11 is 0. The number of amides is 1. The van der Waals surface area contributed by atoms with E-state index in [1.165, 1.54) is 0 Å². The number of nitrogens with one attached hydrogen (secondary N) is 1. The summed E-state index contributed by atoms with van der Waals surface area (Å²) in [7, 11) is 1.95. The Morgan fingerprint density at radius 1 is 0.933 bits per heavy atom. The van der Waals surface area contributed by atoms with Gasteiger partial charge in [-0.2, -0.15) is 0 Å². The number of hydrogen-bond donors (Lipinski definition) is 1. The van der Waals surface area contributed by atoms with Crippen molar-refractivity contribution in [3.8, 4) is 11.5 Å². The molecule has 1 aliphatic rings. The van der Waals surface area contributed by atoms with E-state index in [4.69, 9.17) is 9.47 Å². The summed E-state index contributed by atoms with van der Waals surface area (Å²) < 4.78 is 10.8. The molecule has 1 aliphatic heterocycles. The molecule has 1 heterocycles. The summed E-state index contributed by atoms with van der Waals surface area (Å²) in [6, 6.07) is 25.5.